The molecule has 0 aliphatic heterocycles. The summed E-state index contributed by atoms with van der Waals surface area (Å²) in [5.74, 6) is 0. The van der Waals surface area contributed by atoms with Crippen LogP contribution in [0.25, 0.3) is 77.7 Å². The summed E-state index contributed by atoms with van der Waals surface area (Å²) in [4.78, 5) is 19.6. The monoisotopic (exact) mass is 726 g/mol. The lowest BCUT2D eigenvalue weighted by atomic mass is 9.68. The molecule has 10 aromatic rings. The molecule has 1 aliphatic carbocycles. The van der Waals surface area contributed by atoms with Gasteiger partial charge in [0.15, 0.2) is 0 Å². The van der Waals surface area contributed by atoms with Crippen LogP contribution in [0.1, 0.15) is 22.3 Å². The second-order valence-electron chi connectivity index (χ2n) is 14.7. The molecular weight excluding hydrogens is 693 g/mol. The first-order valence-electron chi connectivity index (χ1n) is 19.3. The number of pyridine rings is 4. The van der Waals surface area contributed by atoms with Gasteiger partial charge in [-0.15, -0.1) is 0 Å². The molecule has 11 rings (SSSR count). The lowest BCUT2D eigenvalue weighted by molar-refractivity contribution is 0.757. The summed E-state index contributed by atoms with van der Waals surface area (Å²) in [5, 5.41) is 2.15. The minimum Gasteiger partial charge on any atom is -0.264 e. The third kappa shape index (κ3) is 5.37. The Kier molecular flexibility index (Phi) is 7.68. The second kappa shape index (κ2) is 13.3. The van der Waals surface area contributed by atoms with Crippen molar-refractivity contribution >= 4 is 21.8 Å². The molecule has 0 saturated heterocycles. The van der Waals surface area contributed by atoms with Crippen molar-refractivity contribution in [1.29, 1.82) is 0 Å². The third-order valence-corrected chi connectivity index (χ3v) is 11.5. The number of fused-ring (bicyclic) bond motifs is 6. The van der Waals surface area contributed by atoms with Crippen molar-refractivity contribution < 1.29 is 0 Å². The van der Waals surface area contributed by atoms with Crippen LogP contribution in [0.3, 0.4) is 0 Å². The first kappa shape index (κ1) is 32.8. The smallest absolute Gasteiger partial charge is 0.0972 e. The standard InChI is InChI=1S/C53H34N4/c1-2-10-35(11-3-1)49-26-23-36-20-21-37-24-27-50(57-52(37)51(36)56-49)42-15-7-14-40(31-42)38-12-6-13-39(30-38)41-22-25-46-45-18-4-5-19-47(45)53(48(46)32-41,43-16-8-28-54-33-43)44-17-9-29-55-34-44/h1-34H. The summed E-state index contributed by atoms with van der Waals surface area (Å²) in [6.07, 6.45) is 7.70. The lowest BCUT2D eigenvalue weighted by Gasteiger charge is -2.33. The molecule has 4 nitrogen and oxygen atoms in total. The summed E-state index contributed by atoms with van der Waals surface area (Å²) in [6.45, 7) is 0. The zero-order chi connectivity index (χ0) is 37.8. The summed E-state index contributed by atoms with van der Waals surface area (Å²) >= 11 is 0. The molecule has 0 radical (unpaired) electrons. The largest absolute Gasteiger partial charge is 0.264 e. The Bertz CT molecular complexity index is 3080. The average Bonchev–Trinajstić information content (AvgIpc) is 3.60. The predicted octanol–water partition coefficient (Wildman–Crippen LogP) is 12.6. The summed E-state index contributed by atoms with van der Waals surface area (Å²) in [5.41, 5.74) is 17.0. The van der Waals surface area contributed by atoms with Crippen molar-refractivity contribution in [2.24, 2.45) is 0 Å². The molecule has 4 aromatic heterocycles. The Morgan fingerprint density at radius 3 is 1.47 bits per heavy atom. The second-order valence-corrected chi connectivity index (χ2v) is 14.7. The van der Waals surface area contributed by atoms with Gasteiger partial charge < -0.3 is 0 Å². The van der Waals surface area contributed by atoms with E-state index in [4.69, 9.17) is 9.97 Å². The van der Waals surface area contributed by atoms with Crippen LogP contribution in [0.2, 0.25) is 0 Å². The van der Waals surface area contributed by atoms with Gasteiger partial charge in [0, 0.05) is 46.7 Å². The van der Waals surface area contributed by atoms with Gasteiger partial charge in [0.25, 0.3) is 0 Å². The van der Waals surface area contributed by atoms with E-state index >= 15 is 0 Å². The van der Waals surface area contributed by atoms with E-state index in [0.29, 0.717) is 0 Å². The van der Waals surface area contributed by atoms with Gasteiger partial charge in [-0.1, -0.05) is 140 Å². The van der Waals surface area contributed by atoms with Crippen molar-refractivity contribution in [1.82, 2.24) is 19.9 Å². The van der Waals surface area contributed by atoms with E-state index in [1.807, 2.05) is 55.1 Å². The van der Waals surface area contributed by atoms with Gasteiger partial charge >= 0.3 is 0 Å². The van der Waals surface area contributed by atoms with Crippen molar-refractivity contribution in [2.45, 2.75) is 5.41 Å². The number of rotatable bonds is 6. The van der Waals surface area contributed by atoms with Crippen LogP contribution < -0.4 is 0 Å². The molecule has 57 heavy (non-hydrogen) atoms. The highest BCUT2D eigenvalue weighted by Crippen LogP contribution is 2.56. The minimum atomic E-state index is -0.562. The maximum absolute atomic E-state index is 5.25. The molecule has 0 N–H and O–H groups in total. The Balaban J connectivity index is 1.00. The van der Waals surface area contributed by atoms with E-state index in [9.17, 15) is 0 Å². The number of hydrogen-bond acceptors (Lipinski definition) is 4. The van der Waals surface area contributed by atoms with E-state index in [0.717, 1.165) is 77.7 Å². The SMILES string of the molecule is c1ccc(-c2ccc3ccc4ccc(-c5cccc(-c6cccc(-c7ccc8c(c7)C(c7cccnc7)(c7cccnc7)c7ccccc7-8)c6)c5)nc4c3n2)cc1. The van der Waals surface area contributed by atoms with Crippen molar-refractivity contribution in [3.8, 4) is 55.9 Å². The highest BCUT2D eigenvalue weighted by atomic mass is 14.8. The molecule has 4 heterocycles. The molecule has 0 atom stereocenters. The van der Waals surface area contributed by atoms with Crippen LogP contribution in [-0.4, -0.2) is 19.9 Å². The van der Waals surface area contributed by atoms with Crippen LogP contribution in [0.4, 0.5) is 0 Å². The maximum Gasteiger partial charge on any atom is 0.0972 e. The number of hydrogen-bond donors (Lipinski definition) is 0. The van der Waals surface area contributed by atoms with Gasteiger partial charge in [-0.3, -0.25) is 9.97 Å². The first-order valence-corrected chi connectivity index (χ1v) is 19.3. The van der Waals surface area contributed by atoms with Crippen LogP contribution in [0.15, 0.2) is 207 Å². The molecule has 0 fully saturated rings. The molecule has 0 unspecified atom stereocenters. The van der Waals surface area contributed by atoms with E-state index < -0.39 is 5.41 Å². The maximum atomic E-state index is 5.25. The van der Waals surface area contributed by atoms with Gasteiger partial charge in [-0.05, 0) is 98.1 Å². The number of nitrogens with zero attached hydrogens (tertiary/aromatic N) is 4. The third-order valence-electron chi connectivity index (χ3n) is 11.5. The van der Waals surface area contributed by atoms with Gasteiger partial charge in [0.05, 0.1) is 27.8 Å². The van der Waals surface area contributed by atoms with Crippen molar-refractivity contribution in [3.05, 3.63) is 229 Å². The van der Waals surface area contributed by atoms with Gasteiger partial charge in [0.2, 0.25) is 0 Å². The Labute approximate surface area is 330 Å². The van der Waals surface area contributed by atoms with Crippen molar-refractivity contribution in [2.75, 3.05) is 0 Å². The fourth-order valence-corrected chi connectivity index (χ4v) is 8.85. The van der Waals surface area contributed by atoms with Gasteiger partial charge in [-0.2, -0.15) is 0 Å². The van der Waals surface area contributed by atoms with Gasteiger partial charge in [-0.25, -0.2) is 9.97 Å². The summed E-state index contributed by atoms with van der Waals surface area (Å²) < 4.78 is 0. The molecule has 0 spiro atoms. The zero-order valence-corrected chi connectivity index (χ0v) is 30.9. The molecule has 6 aromatic carbocycles. The lowest BCUT2D eigenvalue weighted by Crippen LogP contribution is -2.29. The van der Waals surface area contributed by atoms with Crippen LogP contribution in [-0.2, 0) is 5.41 Å². The fraction of sp³-hybridized carbons (Fsp3) is 0.0189. The van der Waals surface area contributed by atoms with E-state index in [2.05, 4.69) is 162 Å². The Morgan fingerprint density at radius 1 is 0.333 bits per heavy atom. The normalized spacial score (nSPS) is 12.7. The van der Waals surface area contributed by atoms with E-state index in [1.165, 1.54) is 22.3 Å². The van der Waals surface area contributed by atoms with E-state index in [-0.39, 0.29) is 0 Å². The molecule has 0 amide bonds. The molecule has 4 heteroatoms. The molecule has 0 saturated carbocycles. The topological polar surface area (TPSA) is 51.6 Å². The average molecular weight is 727 g/mol. The minimum absolute atomic E-state index is 0.562. The first-order chi connectivity index (χ1) is 28.2. The summed E-state index contributed by atoms with van der Waals surface area (Å²) in [7, 11) is 0. The Hall–Kier alpha value is -7.56. The van der Waals surface area contributed by atoms with Crippen molar-refractivity contribution in [3.63, 3.8) is 0 Å². The summed E-state index contributed by atoms with van der Waals surface area (Å²) in [6, 6.07) is 64.8. The zero-order valence-electron chi connectivity index (χ0n) is 30.9. The van der Waals surface area contributed by atoms with Gasteiger partial charge in [0.1, 0.15) is 0 Å². The molecule has 0 bridgehead atoms. The predicted molar refractivity (Wildman–Crippen MR) is 232 cm³/mol. The molecular formula is C53H34N4. The number of benzene rings is 6. The van der Waals surface area contributed by atoms with Crippen LogP contribution in [0, 0.1) is 0 Å². The quantitative estimate of drug-likeness (QED) is 0.160. The Morgan fingerprint density at radius 2 is 0.842 bits per heavy atom. The molecule has 1 aliphatic rings. The molecule has 266 valence electrons. The highest BCUT2D eigenvalue weighted by molar-refractivity contribution is 6.04. The number of aromatic nitrogens is 4. The highest BCUT2D eigenvalue weighted by Gasteiger charge is 2.46. The van der Waals surface area contributed by atoms with Crippen LogP contribution >= 0.6 is 0 Å². The fourth-order valence-electron chi connectivity index (χ4n) is 8.85. The van der Waals surface area contributed by atoms with E-state index in [1.54, 1.807) is 0 Å². The van der Waals surface area contributed by atoms with Crippen LogP contribution in [0.5, 0.6) is 0 Å².